The lowest BCUT2D eigenvalue weighted by Gasteiger charge is -2.03. The molecule has 134 valence electrons. The van der Waals surface area contributed by atoms with E-state index in [1.807, 2.05) is 0 Å². The highest BCUT2D eigenvalue weighted by Crippen LogP contribution is 2.30. The van der Waals surface area contributed by atoms with Crippen LogP contribution in [-0.2, 0) is 0 Å². The molecule has 0 unspecified atom stereocenters. The fourth-order valence-electron chi connectivity index (χ4n) is 2.66. The SMILES string of the molecule is COc1ccc2oc(=O)c(-c3nc(-c4ccc([N+](=O)[O-])cc4)cs3)cc2c1. The molecule has 2 heterocycles. The summed E-state index contributed by atoms with van der Waals surface area (Å²) >= 11 is 1.30. The van der Waals surface area contributed by atoms with Crippen LogP contribution in [0.2, 0.25) is 0 Å². The van der Waals surface area contributed by atoms with Gasteiger partial charge in [0.15, 0.2) is 0 Å². The number of rotatable bonds is 4. The molecule has 0 radical (unpaired) electrons. The van der Waals surface area contributed by atoms with Crippen molar-refractivity contribution in [2.45, 2.75) is 0 Å². The van der Waals surface area contributed by atoms with Crippen LogP contribution >= 0.6 is 11.3 Å². The van der Waals surface area contributed by atoms with Crippen molar-refractivity contribution in [2.75, 3.05) is 7.11 Å². The molecule has 0 aliphatic rings. The molecular formula is C19H12N2O5S. The highest BCUT2D eigenvalue weighted by Gasteiger charge is 2.14. The second-order valence-corrected chi connectivity index (χ2v) is 6.55. The van der Waals surface area contributed by atoms with E-state index in [0.717, 1.165) is 10.9 Å². The van der Waals surface area contributed by atoms with E-state index in [1.165, 1.54) is 23.5 Å². The summed E-state index contributed by atoms with van der Waals surface area (Å²) in [4.78, 5) is 27.2. The molecule has 2 aromatic carbocycles. The summed E-state index contributed by atoms with van der Waals surface area (Å²) in [6.45, 7) is 0. The number of nitro benzene ring substituents is 1. The maximum absolute atomic E-state index is 12.3. The third-order valence-corrected chi connectivity index (χ3v) is 4.92. The van der Waals surface area contributed by atoms with Crippen LogP contribution in [0.15, 0.2) is 63.1 Å². The van der Waals surface area contributed by atoms with Gasteiger partial charge in [0.2, 0.25) is 0 Å². The van der Waals surface area contributed by atoms with Crippen LogP contribution in [0.25, 0.3) is 32.8 Å². The summed E-state index contributed by atoms with van der Waals surface area (Å²) in [5, 5.41) is 13.8. The summed E-state index contributed by atoms with van der Waals surface area (Å²) in [7, 11) is 1.57. The van der Waals surface area contributed by atoms with E-state index in [2.05, 4.69) is 4.98 Å². The predicted octanol–water partition coefficient (Wildman–Crippen LogP) is 4.50. The number of nitro groups is 1. The number of benzene rings is 2. The van der Waals surface area contributed by atoms with E-state index in [-0.39, 0.29) is 5.69 Å². The summed E-state index contributed by atoms with van der Waals surface area (Å²) in [6.07, 6.45) is 0. The quantitative estimate of drug-likeness (QED) is 0.294. The first-order valence-electron chi connectivity index (χ1n) is 7.88. The van der Waals surface area contributed by atoms with Gasteiger partial charge in [0.05, 0.1) is 23.3 Å². The number of fused-ring (bicyclic) bond motifs is 1. The van der Waals surface area contributed by atoms with Gasteiger partial charge in [-0.25, -0.2) is 9.78 Å². The molecule has 0 saturated heterocycles. The highest BCUT2D eigenvalue weighted by molar-refractivity contribution is 7.13. The van der Waals surface area contributed by atoms with Crippen LogP contribution in [0.3, 0.4) is 0 Å². The molecule has 0 amide bonds. The molecule has 7 nitrogen and oxygen atoms in total. The minimum Gasteiger partial charge on any atom is -0.497 e. The Morgan fingerprint density at radius 3 is 2.63 bits per heavy atom. The molecular weight excluding hydrogens is 368 g/mol. The molecule has 0 atom stereocenters. The summed E-state index contributed by atoms with van der Waals surface area (Å²) < 4.78 is 10.6. The second kappa shape index (κ2) is 6.65. The van der Waals surface area contributed by atoms with Crippen LogP contribution in [0.5, 0.6) is 5.75 Å². The first-order valence-corrected chi connectivity index (χ1v) is 8.76. The third-order valence-electron chi connectivity index (χ3n) is 4.05. The number of aromatic nitrogens is 1. The number of hydrogen-bond donors (Lipinski definition) is 0. The van der Waals surface area contributed by atoms with Gasteiger partial charge in [0.1, 0.15) is 16.3 Å². The Hall–Kier alpha value is -3.52. The maximum Gasteiger partial charge on any atom is 0.346 e. The van der Waals surface area contributed by atoms with E-state index < -0.39 is 10.5 Å². The van der Waals surface area contributed by atoms with E-state index in [1.54, 1.807) is 48.9 Å². The maximum atomic E-state index is 12.3. The zero-order valence-electron chi connectivity index (χ0n) is 14.0. The van der Waals surface area contributed by atoms with Gasteiger partial charge in [-0.1, -0.05) is 0 Å². The fourth-order valence-corrected chi connectivity index (χ4v) is 3.49. The van der Waals surface area contributed by atoms with Gasteiger partial charge in [-0.2, -0.15) is 0 Å². The zero-order valence-corrected chi connectivity index (χ0v) is 14.9. The minimum absolute atomic E-state index is 0.0123. The molecule has 27 heavy (non-hydrogen) atoms. The standard InChI is InChI=1S/C19H12N2O5S/c1-25-14-6-7-17-12(8-14)9-15(19(22)26-17)18-20-16(10-27-18)11-2-4-13(5-3-11)21(23)24/h2-10H,1H3. The van der Waals surface area contributed by atoms with Crippen LogP contribution in [0.1, 0.15) is 0 Å². The molecule has 2 aromatic heterocycles. The molecule has 4 aromatic rings. The number of ether oxygens (including phenoxy) is 1. The number of non-ortho nitro benzene ring substituents is 1. The van der Waals surface area contributed by atoms with E-state index in [4.69, 9.17) is 9.15 Å². The minimum atomic E-state index is -0.475. The van der Waals surface area contributed by atoms with Gasteiger partial charge in [-0.15, -0.1) is 11.3 Å². The largest absolute Gasteiger partial charge is 0.497 e. The first kappa shape index (κ1) is 16.9. The van der Waals surface area contributed by atoms with Gasteiger partial charge in [-0.05, 0) is 36.4 Å². The second-order valence-electron chi connectivity index (χ2n) is 5.69. The Balaban J connectivity index is 1.75. The lowest BCUT2D eigenvalue weighted by molar-refractivity contribution is -0.384. The van der Waals surface area contributed by atoms with Crippen molar-refractivity contribution in [3.05, 3.63) is 74.4 Å². The lowest BCUT2D eigenvalue weighted by atomic mass is 10.1. The lowest BCUT2D eigenvalue weighted by Crippen LogP contribution is -2.02. The third kappa shape index (κ3) is 3.18. The predicted molar refractivity (Wildman–Crippen MR) is 102 cm³/mol. The first-order chi connectivity index (χ1) is 13.0. The van der Waals surface area contributed by atoms with Crippen molar-refractivity contribution in [3.63, 3.8) is 0 Å². The normalized spacial score (nSPS) is 10.9. The molecule has 0 aliphatic carbocycles. The summed E-state index contributed by atoms with van der Waals surface area (Å²) in [5.74, 6) is 0.660. The van der Waals surface area contributed by atoms with Crippen LogP contribution in [0, 0.1) is 10.1 Å². The molecule has 4 rings (SSSR count). The van der Waals surface area contributed by atoms with Crippen LogP contribution in [-0.4, -0.2) is 17.0 Å². The Morgan fingerprint density at radius 2 is 1.93 bits per heavy atom. The Labute approximate surface area is 156 Å². The zero-order chi connectivity index (χ0) is 19.0. The van der Waals surface area contributed by atoms with Crippen molar-refractivity contribution in [1.82, 2.24) is 4.98 Å². The van der Waals surface area contributed by atoms with Crippen LogP contribution < -0.4 is 10.4 Å². The molecule has 0 fully saturated rings. The summed E-state index contributed by atoms with van der Waals surface area (Å²) in [6, 6.07) is 13.0. The monoisotopic (exact) mass is 380 g/mol. The average molecular weight is 380 g/mol. The molecule has 0 N–H and O–H groups in total. The molecule has 8 heteroatoms. The number of thiazole rings is 1. The van der Waals surface area contributed by atoms with Crippen LogP contribution in [0.4, 0.5) is 5.69 Å². The van der Waals surface area contributed by atoms with E-state index >= 15 is 0 Å². The topological polar surface area (TPSA) is 95.5 Å². The fraction of sp³-hybridized carbons (Fsp3) is 0.0526. The Bertz CT molecular complexity index is 1210. The van der Waals surface area contributed by atoms with Crippen molar-refractivity contribution >= 4 is 28.0 Å². The molecule has 0 aliphatic heterocycles. The van der Waals surface area contributed by atoms with Crippen molar-refractivity contribution in [3.8, 4) is 27.6 Å². The van der Waals surface area contributed by atoms with E-state index in [9.17, 15) is 14.9 Å². The van der Waals surface area contributed by atoms with Gasteiger partial charge in [-0.3, -0.25) is 10.1 Å². The van der Waals surface area contributed by atoms with Crippen molar-refractivity contribution in [1.29, 1.82) is 0 Å². The molecule has 0 bridgehead atoms. The van der Waals surface area contributed by atoms with Crippen molar-refractivity contribution in [2.24, 2.45) is 0 Å². The van der Waals surface area contributed by atoms with E-state index in [0.29, 0.717) is 27.6 Å². The average Bonchev–Trinajstić information content (AvgIpc) is 3.17. The van der Waals surface area contributed by atoms with Gasteiger partial charge in [0.25, 0.3) is 5.69 Å². The van der Waals surface area contributed by atoms with Gasteiger partial charge < -0.3 is 9.15 Å². The molecule has 0 saturated carbocycles. The number of nitrogens with zero attached hydrogens (tertiary/aromatic N) is 2. The summed E-state index contributed by atoms with van der Waals surface area (Å²) in [5.41, 5.74) is 1.73. The van der Waals surface area contributed by atoms with Crippen molar-refractivity contribution < 1.29 is 14.1 Å². The Morgan fingerprint density at radius 1 is 1.15 bits per heavy atom. The number of methoxy groups -OCH3 is 1. The highest BCUT2D eigenvalue weighted by atomic mass is 32.1. The molecule has 0 spiro atoms. The number of hydrogen-bond acceptors (Lipinski definition) is 7. The smallest absolute Gasteiger partial charge is 0.346 e. The van der Waals surface area contributed by atoms with Gasteiger partial charge >= 0.3 is 5.63 Å². The van der Waals surface area contributed by atoms with Gasteiger partial charge in [0, 0.05) is 28.5 Å². The Kier molecular flexibility index (Phi) is 4.17.